The van der Waals surface area contributed by atoms with E-state index in [9.17, 15) is 0 Å². The number of nitrogens with zero attached hydrogens (tertiary/aromatic N) is 2. The molecule has 3 aromatic carbocycles. The van der Waals surface area contributed by atoms with Crippen LogP contribution in [-0.2, 0) is 13.5 Å². The molecule has 0 aliphatic carbocycles. The van der Waals surface area contributed by atoms with Gasteiger partial charge in [0.25, 0.3) is 0 Å². The van der Waals surface area contributed by atoms with Crippen molar-refractivity contribution in [3.63, 3.8) is 0 Å². The van der Waals surface area contributed by atoms with Gasteiger partial charge in [-0.05, 0) is 60.4 Å². The van der Waals surface area contributed by atoms with Crippen LogP contribution < -0.4 is 4.57 Å². The number of pyridine rings is 2. The molecule has 0 aliphatic rings. The molecule has 0 atom stereocenters. The van der Waals surface area contributed by atoms with Gasteiger partial charge in [-0.2, -0.15) is 0 Å². The van der Waals surface area contributed by atoms with Gasteiger partial charge in [-0.15, -0.1) is 0 Å². The molecule has 0 radical (unpaired) electrons. The van der Waals surface area contributed by atoms with Gasteiger partial charge in [0.05, 0.1) is 27.3 Å². The Morgan fingerprint density at radius 2 is 1.71 bits per heavy atom. The molecule has 0 bridgehead atoms. The molecule has 31 heavy (non-hydrogen) atoms. The smallest absolute Gasteiger partial charge is 0.224 e. The standard InChI is InChI=1S/C28H26FN2/c1-15(2)12-18-13-19-10-11-30(5)27-23-16(3)17(4)26(29)25-20-8-6-7-9-21(20)31(28(23)25)22(14-18)24(19)27/h6-11,13-15H,12H2,1-5H3/q+1. The van der Waals surface area contributed by atoms with Crippen molar-refractivity contribution in [1.82, 2.24) is 4.40 Å². The largest absolute Gasteiger partial charge is 0.307 e. The Kier molecular flexibility index (Phi) is 3.69. The predicted octanol–water partition coefficient (Wildman–Crippen LogP) is 6.77. The quantitative estimate of drug-likeness (QED) is 0.169. The first-order chi connectivity index (χ1) is 14.9. The van der Waals surface area contributed by atoms with Crippen molar-refractivity contribution < 1.29 is 8.96 Å². The van der Waals surface area contributed by atoms with Crippen molar-refractivity contribution in [3.05, 3.63) is 71.2 Å². The number of hydrogen-bond acceptors (Lipinski definition) is 0. The number of fused-ring (bicyclic) bond motifs is 5. The summed E-state index contributed by atoms with van der Waals surface area (Å²) >= 11 is 0. The molecule has 0 fully saturated rings. The molecule has 0 unspecified atom stereocenters. The van der Waals surface area contributed by atoms with Crippen molar-refractivity contribution in [2.75, 3.05) is 0 Å². The maximum Gasteiger partial charge on any atom is 0.224 e. The van der Waals surface area contributed by atoms with Crippen LogP contribution in [0, 0.1) is 25.6 Å². The van der Waals surface area contributed by atoms with Crippen molar-refractivity contribution in [3.8, 4) is 0 Å². The fourth-order valence-electron chi connectivity index (χ4n) is 5.56. The second kappa shape index (κ2) is 6.16. The van der Waals surface area contributed by atoms with Crippen LogP contribution in [0.25, 0.3) is 49.0 Å². The lowest BCUT2D eigenvalue weighted by Gasteiger charge is -2.16. The molecule has 0 N–H and O–H groups in total. The molecule has 3 aromatic heterocycles. The molecule has 0 saturated carbocycles. The molecule has 2 nitrogen and oxygen atoms in total. The van der Waals surface area contributed by atoms with E-state index >= 15 is 4.39 Å². The number of benzene rings is 3. The molecule has 0 spiro atoms. The third kappa shape index (κ3) is 2.29. The summed E-state index contributed by atoms with van der Waals surface area (Å²) in [5.41, 5.74) is 7.51. The lowest BCUT2D eigenvalue weighted by Crippen LogP contribution is -2.29. The molecule has 0 saturated heterocycles. The topological polar surface area (TPSA) is 8.29 Å². The van der Waals surface area contributed by atoms with Crippen LogP contribution in [0.5, 0.6) is 0 Å². The average Bonchev–Trinajstić information content (AvgIpc) is 3.08. The van der Waals surface area contributed by atoms with Crippen LogP contribution in [0.1, 0.15) is 30.5 Å². The van der Waals surface area contributed by atoms with Crippen LogP contribution in [0.3, 0.4) is 0 Å². The lowest BCUT2D eigenvalue weighted by atomic mass is 9.94. The highest BCUT2D eigenvalue weighted by molar-refractivity contribution is 6.26. The lowest BCUT2D eigenvalue weighted by molar-refractivity contribution is -0.643. The van der Waals surface area contributed by atoms with Crippen LogP contribution in [-0.4, -0.2) is 4.40 Å². The molecule has 3 heteroatoms. The molecular weight excluding hydrogens is 383 g/mol. The monoisotopic (exact) mass is 409 g/mol. The summed E-state index contributed by atoms with van der Waals surface area (Å²) in [6.07, 6.45) is 3.17. The Hall–Kier alpha value is -3.20. The number of aryl methyl sites for hydroxylation is 2. The molecule has 6 aromatic rings. The number of aromatic nitrogens is 2. The van der Waals surface area contributed by atoms with Crippen molar-refractivity contribution in [2.24, 2.45) is 13.0 Å². The zero-order chi connectivity index (χ0) is 21.6. The van der Waals surface area contributed by atoms with Gasteiger partial charge in [0, 0.05) is 16.8 Å². The molecular formula is C28H26FN2+. The third-order valence-corrected chi connectivity index (χ3v) is 6.99. The van der Waals surface area contributed by atoms with E-state index in [1.807, 2.05) is 13.0 Å². The number of hydrogen-bond donors (Lipinski definition) is 0. The normalized spacial score (nSPS) is 12.6. The van der Waals surface area contributed by atoms with Crippen molar-refractivity contribution in [2.45, 2.75) is 34.1 Å². The van der Waals surface area contributed by atoms with E-state index in [0.717, 1.165) is 44.7 Å². The van der Waals surface area contributed by atoms with Crippen molar-refractivity contribution in [1.29, 1.82) is 0 Å². The summed E-state index contributed by atoms with van der Waals surface area (Å²) in [5, 5.41) is 5.38. The second-order valence-corrected chi connectivity index (χ2v) is 9.47. The fraction of sp³-hybridized carbons (Fsp3) is 0.250. The predicted molar refractivity (Wildman–Crippen MR) is 128 cm³/mol. The molecule has 6 rings (SSSR count). The van der Waals surface area contributed by atoms with E-state index < -0.39 is 0 Å². The Morgan fingerprint density at radius 1 is 0.935 bits per heavy atom. The van der Waals surface area contributed by atoms with Gasteiger partial charge in [0.2, 0.25) is 5.52 Å². The van der Waals surface area contributed by atoms with Crippen LogP contribution in [0.4, 0.5) is 4.39 Å². The summed E-state index contributed by atoms with van der Waals surface area (Å²) < 4.78 is 20.3. The summed E-state index contributed by atoms with van der Waals surface area (Å²) in [7, 11) is 2.10. The maximum atomic E-state index is 15.7. The zero-order valence-corrected chi connectivity index (χ0v) is 18.7. The fourth-order valence-corrected chi connectivity index (χ4v) is 5.56. The first kappa shape index (κ1) is 18.6. The Balaban J connectivity index is 2.04. The molecule has 0 amide bonds. The highest BCUT2D eigenvalue weighted by Gasteiger charge is 2.27. The molecule has 0 aliphatic heterocycles. The van der Waals surface area contributed by atoms with Crippen LogP contribution in [0.2, 0.25) is 0 Å². The minimum Gasteiger partial charge on any atom is -0.307 e. The highest BCUT2D eigenvalue weighted by atomic mass is 19.1. The number of rotatable bonds is 2. The van der Waals surface area contributed by atoms with Crippen LogP contribution >= 0.6 is 0 Å². The summed E-state index contributed by atoms with van der Waals surface area (Å²) in [5.74, 6) is 0.478. The molecule has 154 valence electrons. The summed E-state index contributed by atoms with van der Waals surface area (Å²) in [4.78, 5) is 0. The van der Waals surface area contributed by atoms with Gasteiger partial charge in [-0.3, -0.25) is 0 Å². The van der Waals surface area contributed by atoms with Gasteiger partial charge >= 0.3 is 0 Å². The van der Waals surface area contributed by atoms with Gasteiger partial charge < -0.3 is 4.40 Å². The maximum absolute atomic E-state index is 15.7. The Labute approximate surface area is 180 Å². The van der Waals surface area contributed by atoms with E-state index in [-0.39, 0.29) is 5.82 Å². The second-order valence-electron chi connectivity index (χ2n) is 9.47. The highest BCUT2D eigenvalue weighted by Crippen LogP contribution is 2.43. The zero-order valence-electron chi connectivity index (χ0n) is 18.7. The minimum absolute atomic E-state index is 0.0946. The van der Waals surface area contributed by atoms with Crippen LogP contribution in [0.15, 0.2) is 48.7 Å². The van der Waals surface area contributed by atoms with Gasteiger partial charge in [0.15, 0.2) is 6.20 Å². The van der Waals surface area contributed by atoms with Gasteiger partial charge in [-0.1, -0.05) is 38.1 Å². The van der Waals surface area contributed by atoms with Gasteiger partial charge in [0.1, 0.15) is 12.9 Å². The van der Waals surface area contributed by atoms with E-state index in [1.165, 1.54) is 27.4 Å². The SMILES string of the molecule is Cc1c(F)c2c3ccccc3n3c4cc(CC(C)C)cc5cc[n+](C)c(c(c1C)c23)c54. The minimum atomic E-state index is -0.0946. The Morgan fingerprint density at radius 3 is 2.48 bits per heavy atom. The van der Waals surface area contributed by atoms with E-state index in [2.05, 4.69) is 79.4 Å². The average molecular weight is 410 g/mol. The summed E-state index contributed by atoms with van der Waals surface area (Å²) in [6, 6.07) is 15.1. The first-order valence-electron chi connectivity index (χ1n) is 11.1. The number of halogens is 1. The summed E-state index contributed by atoms with van der Waals surface area (Å²) in [6.45, 7) is 8.48. The van der Waals surface area contributed by atoms with E-state index in [1.54, 1.807) is 0 Å². The Bertz CT molecular complexity index is 1670. The van der Waals surface area contributed by atoms with E-state index in [4.69, 9.17) is 0 Å². The first-order valence-corrected chi connectivity index (χ1v) is 11.1. The van der Waals surface area contributed by atoms with Crippen molar-refractivity contribution >= 4 is 49.0 Å². The number of para-hydroxylation sites is 1. The van der Waals surface area contributed by atoms with Gasteiger partial charge in [-0.25, -0.2) is 8.96 Å². The third-order valence-electron chi connectivity index (χ3n) is 6.99. The molecule has 3 heterocycles. The van der Waals surface area contributed by atoms with E-state index in [0.29, 0.717) is 5.92 Å².